The first kappa shape index (κ1) is 17.7. The predicted octanol–water partition coefficient (Wildman–Crippen LogP) is 2.11. The second-order valence-electron chi connectivity index (χ2n) is 4.88. The zero-order valence-electron chi connectivity index (χ0n) is 12.6. The number of sulfonamides is 1. The number of carbonyl (C=O) groups is 1. The van der Waals surface area contributed by atoms with Crippen molar-refractivity contribution in [3.8, 4) is 12.3 Å². The highest BCUT2D eigenvalue weighted by Crippen LogP contribution is 2.11. The molecule has 124 valence electrons. The fourth-order valence-corrected chi connectivity index (χ4v) is 2.94. The lowest BCUT2D eigenvalue weighted by Gasteiger charge is -2.08. The number of benzene rings is 2. The van der Waals surface area contributed by atoms with Crippen LogP contribution in [0.2, 0.25) is 0 Å². The summed E-state index contributed by atoms with van der Waals surface area (Å²) in [6.45, 7) is -0.0830. The Kier molecular flexibility index (Phi) is 5.68. The molecule has 0 heterocycles. The first-order chi connectivity index (χ1) is 11.4. The van der Waals surface area contributed by atoms with Gasteiger partial charge in [-0.25, -0.2) is 17.5 Å². The number of halogens is 1. The Labute approximate surface area is 139 Å². The standard InChI is InChI=1S/C17H15FN2O3S/c1-2-13-4-3-5-15(12-13)20-17(21)10-11-19-24(22,23)16-8-6-14(18)7-9-16/h1,3-9,12,19H,10-11H2,(H,20,21). The average Bonchev–Trinajstić information content (AvgIpc) is 2.55. The first-order valence-electron chi connectivity index (χ1n) is 7.02. The Bertz CT molecular complexity index is 871. The summed E-state index contributed by atoms with van der Waals surface area (Å²) in [6, 6.07) is 11.2. The van der Waals surface area contributed by atoms with E-state index in [4.69, 9.17) is 6.42 Å². The largest absolute Gasteiger partial charge is 0.326 e. The predicted molar refractivity (Wildman–Crippen MR) is 89.2 cm³/mol. The zero-order valence-corrected chi connectivity index (χ0v) is 13.4. The summed E-state index contributed by atoms with van der Waals surface area (Å²) in [6.07, 6.45) is 5.22. The Morgan fingerprint density at radius 2 is 1.88 bits per heavy atom. The molecule has 0 fully saturated rings. The maximum Gasteiger partial charge on any atom is 0.240 e. The minimum atomic E-state index is -3.78. The molecule has 0 aromatic heterocycles. The van der Waals surface area contributed by atoms with E-state index in [1.54, 1.807) is 24.3 Å². The van der Waals surface area contributed by atoms with Crippen molar-refractivity contribution in [3.05, 3.63) is 59.9 Å². The summed E-state index contributed by atoms with van der Waals surface area (Å²) in [4.78, 5) is 11.8. The van der Waals surface area contributed by atoms with E-state index >= 15 is 0 Å². The molecule has 2 aromatic rings. The number of nitrogens with one attached hydrogen (secondary N) is 2. The van der Waals surface area contributed by atoms with E-state index in [-0.39, 0.29) is 23.8 Å². The Balaban J connectivity index is 1.88. The van der Waals surface area contributed by atoms with Crippen LogP contribution in [0, 0.1) is 18.2 Å². The van der Waals surface area contributed by atoms with Gasteiger partial charge in [0.05, 0.1) is 4.90 Å². The van der Waals surface area contributed by atoms with Crippen LogP contribution in [0.25, 0.3) is 0 Å². The van der Waals surface area contributed by atoms with Crippen molar-refractivity contribution in [3.63, 3.8) is 0 Å². The molecule has 0 saturated carbocycles. The SMILES string of the molecule is C#Cc1cccc(NC(=O)CCNS(=O)(=O)c2ccc(F)cc2)c1. The molecule has 2 N–H and O–H groups in total. The van der Waals surface area contributed by atoms with Gasteiger partial charge in [0, 0.05) is 24.2 Å². The smallest absolute Gasteiger partial charge is 0.240 e. The van der Waals surface area contributed by atoms with Gasteiger partial charge >= 0.3 is 0 Å². The van der Waals surface area contributed by atoms with E-state index < -0.39 is 15.8 Å². The van der Waals surface area contributed by atoms with E-state index in [0.717, 1.165) is 24.3 Å². The van der Waals surface area contributed by atoms with E-state index in [1.807, 2.05) is 0 Å². The quantitative estimate of drug-likeness (QED) is 0.787. The van der Waals surface area contributed by atoms with Crippen LogP contribution in [0.1, 0.15) is 12.0 Å². The third kappa shape index (κ3) is 4.91. The van der Waals surface area contributed by atoms with Gasteiger partial charge in [-0.3, -0.25) is 4.79 Å². The summed E-state index contributed by atoms with van der Waals surface area (Å²) in [5, 5.41) is 2.63. The van der Waals surface area contributed by atoms with Gasteiger partial charge < -0.3 is 5.32 Å². The molecule has 7 heteroatoms. The lowest BCUT2D eigenvalue weighted by atomic mass is 10.2. The molecule has 0 unspecified atom stereocenters. The number of terminal acetylenes is 1. The molecule has 0 aliphatic carbocycles. The summed E-state index contributed by atoms with van der Waals surface area (Å²) in [7, 11) is -3.78. The molecule has 2 rings (SSSR count). The molecule has 0 aliphatic rings. The van der Waals surface area contributed by atoms with E-state index in [0.29, 0.717) is 11.3 Å². The van der Waals surface area contributed by atoms with Crippen LogP contribution in [-0.2, 0) is 14.8 Å². The molecule has 0 atom stereocenters. The van der Waals surface area contributed by atoms with Crippen LogP contribution in [0.5, 0.6) is 0 Å². The van der Waals surface area contributed by atoms with Crippen LogP contribution in [-0.4, -0.2) is 20.9 Å². The number of hydrogen-bond donors (Lipinski definition) is 2. The van der Waals surface area contributed by atoms with Gasteiger partial charge in [-0.2, -0.15) is 0 Å². The zero-order chi connectivity index (χ0) is 17.6. The highest BCUT2D eigenvalue weighted by molar-refractivity contribution is 7.89. The van der Waals surface area contributed by atoms with Crippen molar-refractivity contribution < 1.29 is 17.6 Å². The topological polar surface area (TPSA) is 75.3 Å². The molecule has 2 aromatic carbocycles. The van der Waals surface area contributed by atoms with Gasteiger partial charge in [0.25, 0.3) is 0 Å². The summed E-state index contributed by atoms with van der Waals surface area (Å²) in [5.74, 6) is 1.58. The van der Waals surface area contributed by atoms with Crippen LogP contribution < -0.4 is 10.0 Å². The second-order valence-corrected chi connectivity index (χ2v) is 6.64. The highest BCUT2D eigenvalue weighted by Gasteiger charge is 2.14. The minimum Gasteiger partial charge on any atom is -0.326 e. The van der Waals surface area contributed by atoms with Gasteiger partial charge in [-0.15, -0.1) is 6.42 Å². The Morgan fingerprint density at radius 3 is 2.54 bits per heavy atom. The molecule has 0 saturated heterocycles. The molecule has 24 heavy (non-hydrogen) atoms. The molecule has 1 amide bonds. The van der Waals surface area contributed by atoms with Crippen LogP contribution in [0.15, 0.2) is 53.4 Å². The second kappa shape index (κ2) is 7.73. The minimum absolute atomic E-state index is 0.0549. The molecular formula is C17H15FN2O3S. The lowest BCUT2D eigenvalue weighted by Crippen LogP contribution is -2.27. The van der Waals surface area contributed by atoms with Gasteiger partial charge in [0.2, 0.25) is 15.9 Å². The summed E-state index contributed by atoms with van der Waals surface area (Å²) < 4.78 is 39.1. The van der Waals surface area contributed by atoms with Crippen molar-refractivity contribution in [2.45, 2.75) is 11.3 Å². The summed E-state index contributed by atoms with van der Waals surface area (Å²) in [5.41, 5.74) is 1.17. The fourth-order valence-electron chi connectivity index (χ4n) is 1.91. The van der Waals surface area contributed by atoms with Gasteiger partial charge in [0.15, 0.2) is 0 Å². The highest BCUT2D eigenvalue weighted by atomic mass is 32.2. The number of hydrogen-bond acceptors (Lipinski definition) is 3. The first-order valence-corrected chi connectivity index (χ1v) is 8.51. The van der Waals surface area contributed by atoms with E-state index in [2.05, 4.69) is 16.0 Å². The number of anilines is 1. The molecule has 0 aliphatic heterocycles. The normalized spacial score (nSPS) is 10.8. The van der Waals surface area contributed by atoms with E-state index in [9.17, 15) is 17.6 Å². The number of rotatable bonds is 6. The van der Waals surface area contributed by atoms with E-state index in [1.165, 1.54) is 0 Å². The monoisotopic (exact) mass is 346 g/mol. The Hall–Kier alpha value is -2.69. The molecular weight excluding hydrogens is 331 g/mol. The average molecular weight is 346 g/mol. The lowest BCUT2D eigenvalue weighted by molar-refractivity contribution is -0.116. The molecule has 5 nitrogen and oxygen atoms in total. The fraction of sp³-hybridized carbons (Fsp3) is 0.118. The summed E-state index contributed by atoms with van der Waals surface area (Å²) >= 11 is 0. The van der Waals surface area contributed by atoms with Crippen molar-refractivity contribution in [2.75, 3.05) is 11.9 Å². The van der Waals surface area contributed by atoms with Crippen molar-refractivity contribution in [1.29, 1.82) is 0 Å². The molecule has 0 radical (unpaired) electrons. The van der Waals surface area contributed by atoms with Gasteiger partial charge in [-0.05, 0) is 42.5 Å². The number of carbonyl (C=O) groups excluding carboxylic acids is 1. The van der Waals surface area contributed by atoms with Crippen LogP contribution >= 0.6 is 0 Å². The molecule has 0 bridgehead atoms. The van der Waals surface area contributed by atoms with Crippen molar-refractivity contribution in [2.24, 2.45) is 0 Å². The van der Waals surface area contributed by atoms with Crippen LogP contribution in [0.4, 0.5) is 10.1 Å². The third-order valence-corrected chi connectivity index (χ3v) is 4.56. The van der Waals surface area contributed by atoms with Crippen molar-refractivity contribution >= 4 is 21.6 Å². The van der Waals surface area contributed by atoms with Crippen LogP contribution in [0.3, 0.4) is 0 Å². The Morgan fingerprint density at radius 1 is 1.17 bits per heavy atom. The maximum absolute atomic E-state index is 12.8. The third-order valence-electron chi connectivity index (χ3n) is 3.08. The number of amides is 1. The van der Waals surface area contributed by atoms with Crippen molar-refractivity contribution in [1.82, 2.24) is 4.72 Å². The maximum atomic E-state index is 12.8. The van der Waals surface area contributed by atoms with Gasteiger partial charge in [-0.1, -0.05) is 12.0 Å². The van der Waals surface area contributed by atoms with Gasteiger partial charge in [0.1, 0.15) is 5.82 Å². The molecule has 0 spiro atoms.